The summed E-state index contributed by atoms with van der Waals surface area (Å²) in [4.78, 5) is 11.7. The minimum Gasteiger partial charge on any atom is -0.456 e. The molecule has 2 aromatic rings. The van der Waals surface area contributed by atoms with E-state index in [9.17, 15) is 4.79 Å². The Kier molecular flexibility index (Phi) is 6.87. The van der Waals surface area contributed by atoms with Crippen molar-refractivity contribution in [2.75, 3.05) is 32.2 Å². The Morgan fingerprint density at radius 3 is 2.52 bits per heavy atom. The molecule has 1 N–H and O–H groups in total. The summed E-state index contributed by atoms with van der Waals surface area (Å²) >= 11 is 6.04. The molecule has 0 atom stereocenters. The molecule has 0 aliphatic heterocycles. The number of para-hydroxylation sites is 1. The van der Waals surface area contributed by atoms with Gasteiger partial charge in [-0.3, -0.25) is 4.79 Å². The van der Waals surface area contributed by atoms with Crippen molar-refractivity contribution in [3.05, 3.63) is 53.6 Å². The van der Waals surface area contributed by atoms with E-state index in [1.165, 1.54) is 0 Å². The highest BCUT2D eigenvalue weighted by atomic mass is 35.5. The molecular weight excluding hydrogens is 318 g/mol. The van der Waals surface area contributed by atoms with Gasteiger partial charge in [0.05, 0.1) is 18.2 Å². The second-order valence-corrected chi connectivity index (χ2v) is 5.06. The highest BCUT2D eigenvalue weighted by molar-refractivity contribution is 6.32. The number of anilines is 1. The zero-order valence-electron chi connectivity index (χ0n) is 12.8. The monoisotopic (exact) mass is 335 g/mol. The van der Waals surface area contributed by atoms with Crippen LogP contribution in [0.4, 0.5) is 5.69 Å². The molecule has 23 heavy (non-hydrogen) atoms. The smallest absolute Gasteiger partial charge is 0.250 e. The van der Waals surface area contributed by atoms with Gasteiger partial charge in [0.2, 0.25) is 5.91 Å². The van der Waals surface area contributed by atoms with Gasteiger partial charge < -0.3 is 19.5 Å². The third kappa shape index (κ3) is 5.90. The molecule has 1 amide bonds. The number of halogens is 1. The van der Waals surface area contributed by atoms with Crippen LogP contribution in [0.15, 0.2) is 48.5 Å². The lowest BCUT2D eigenvalue weighted by atomic mass is 10.3. The fraction of sp³-hybridized carbons (Fsp3) is 0.235. The van der Waals surface area contributed by atoms with Gasteiger partial charge in [0.15, 0.2) is 0 Å². The minimum atomic E-state index is -0.221. The van der Waals surface area contributed by atoms with Gasteiger partial charge >= 0.3 is 0 Å². The fourth-order valence-electron chi connectivity index (χ4n) is 1.76. The zero-order chi connectivity index (χ0) is 16.5. The number of hydrogen-bond acceptors (Lipinski definition) is 4. The number of methoxy groups -OCH3 is 1. The maximum atomic E-state index is 11.7. The number of carbonyl (C=O) groups is 1. The van der Waals surface area contributed by atoms with E-state index in [0.717, 1.165) is 0 Å². The summed E-state index contributed by atoms with van der Waals surface area (Å²) in [5.74, 6) is 0.991. The summed E-state index contributed by atoms with van der Waals surface area (Å²) in [5, 5.41) is 3.27. The third-order valence-corrected chi connectivity index (χ3v) is 3.18. The third-order valence-electron chi connectivity index (χ3n) is 2.87. The van der Waals surface area contributed by atoms with Gasteiger partial charge in [-0.05, 0) is 36.4 Å². The molecule has 0 saturated carbocycles. The topological polar surface area (TPSA) is 56.8 Å². The second-order valence-electron chi connectivity index (χ2n) is 4.65. The van der Waals surface area contributed by atoms with E-state index in [0.29, 0.717) is 35.4 Å². The molecule has 0 saturated heterocycles. The van der Waals surface area contributed by atoms with Gasteiger partial charge in [0.25, 0.3) is 0 Å². The number of hydrogen-bond donors (Lipinski definition) is 1. The molecule has 6 heteroatoms. The average Bonchev–Trinajstić information content (AvgIpc) is 2.55. The zero-order valence-corrected chi connectivity index (χ0v) is 13.5. The van der Waals surface area contributed by atoms with Crippen LogP contribution in [0.3, 0.4) is 0 Å². The predicted molar refractivity (Wildman–Crippen MR) is 89.3 cm³/mol. The van der Waals surface area contributed by atoms with E-state index in [2.05, 4.69) is 5.32 Å². The molecule has 0 fully saturated rings. The molecule has 0 aliphatic rings. The minimum absolute atomic E-state index is 0.0127. The second kappa shape index (κ2) is 9.15. The lowest BCUT2D eigenvalue weighted by Crippen LogP contribution is -2.19. The molecule has 0 aliphatic carbocycles. The predicted octanol–water partition coefficient (Wildman–Crippen LogP) is 3.73. The van der Waals surface area contributed by atoms with Crippen molar-refractivity contribution in [2.45, 2.75) is 0 Å². The van der Waals surface area contributed by atoms with Gasteiger partial charge in [-0.25, -0.2) is 0 Å². The van der Waals surface area contributed by atoms with Crippen LogP contribution >= 0.6 is 11.6 Å². The summed E-state index contributed by atoms with van der Waals surface area (Å²) in [5.41, 5.74) is 0.664. The number of benzene rings is 2. The number of amides is 1. The van der Waals surface area contributed by atoms with E-state index in [1.807, 2.05) is 12.1 Å². The largest absolute Gasteiger partial charge is 0.456 e. The Hall–Kier alpha value is -2.08. The molecule has 2 aromatic carbocycles. The lowest BCUT2D eigenvalue weighted by molar-refractivity contribution is -0.121. The summed E-state index contributed by atoms with van der Waals surface area (Å²) in [6, 6.07) is 14.2. The van der Waals surface area contributed by atoms with E-state index >= 15 is 0 Å². The molecule has 0 unspecified atom stereocenters. The van der Waals surface area contributed by atoms with Gasteiger partial charge in [0, 0.05) is 12.8 Å². The molecule has 5 nitrogen and oxygen atoms in total. The molecule has 0 radical (unpaired) electrons. The van der Waals surface area contributed by atoms with Crippen LogP contribution in [-0.2, 0) is 14.3 Å². The number of carbonyl (C=O) groups excluding carboxylic acids is 1. The quantitative estimate of drug-likeness (QED) is 0.747. The first kappa shape index (κ1) is 17.3. The summed E-state index contributed by atoms with van der Waals surface area (Å²) in [6.07, 6.45) is 0. The SMILES string of the molecule is COCCOCC(=O)Nc1ccc(Oc2ccccc2Cl)cc1. The van der Waals surface area contributed by atoms with Crippen molar-refractivity contribution >= 4 is 23.2 Å². The van der Waals surface area contributed by atoms with Crippen LogP contribution in [-0.4, -0.2) is 32.8 Å². The van der Waals surface area contributed by atoms with Crippen molar-refractivity contribution in [2.24, 2.45) is 0 Å². The number of ether oxygens (including phenoxy) is 3. The van der Waals surface area contributed by atoms with Gasteiger partial charge in [-0.1, -0.05) is 23.7 Å². The van der Waals surface area contributed by atoms with Crippen molar-refractivity contribution in [3.63, 3.8) is 0 Å². The first-order valence-electron chi connectivity index (χ1n) is 7.08. The van der Waals surface area contributed by atoms with Crippen molar-refractivity contribution in [1.29, 1.82) is 0 Å². The number of nitrogens with one attached hydrogen (secondary N) is 1. The van der Waals surface area contributed by atoms with Crippen LogP contribution in [0.25, 0.3) is 0 Å². The summed E-state index contributed by atoms with van der Waals surface area (Å²) in [6.45, 7) is 0.830. The normalized spacial score (nSPS) is 10.3. The molecule has 0 bridgehead atoms. The van der Waals surface area contributed by atoms with Crippen LogP contribution in [0.2, 0.25) is 5.02 Å². The fourth-order valence-corrected chi connectivity index (χ4v) is 1.94. The average molecular weight is 336 g/mol. The Morgan fingerprint density at radius 2 is 1.83 bits per heavy atom. The van der Waals surface area contributed by atoms with E-state index < -0.39 is 0 Å². The summed E-state index contributed by atoms with van der Waals surface area (Å²) in [7, 11) is 1.58. The van der Waals surface area contributed by atoms with Crippen molar-refractivity contribution in [1.82, 2.24) is 0 Å². The van der Waals surface area contributed by atoms with E-state index in [1.54, 1.807) is 43.5 Å². The molecular formula is C17H18ClNO4. The van der Waals surface area contributed by atoms with Crippen LogP contribution in [0, 0.1) is 0 Å². The van der Waals surface area contributed by atoms with Crippen molar-refractivity contribution in [3.8, 4) is 11.5 Å². The first-order valence-corrected chi connectivity index (χ1v) is 7.46. The number of rotatable bonds is 8. The standard InChI is InChI=1S/C17H18ClNO4/c1-21-10-11-22-12-17(20)19-13-6-8-14(9-7-13)23-16-5-3-2-4-15(16)18/h2-9H,10-12H2,1H3,(H,19,20). The van der Waals surface area contributed by atoms with Crippen LogP contribution < -0.4 is 10.1 Å². The maximum Gasteiger partial charge on any atom is 0.250 e. The maximum absolute atomic E-state index is 11.7. The Labute approximate surface area is 140 Å². The van der Waals surface area contributed by atoms with Gasteiger partial charge in [-0.15, -0.1) is 0 Å². The van der Waals surface area contributed by atoms with Crippen LogP contribution in [0.1, 0.15) is 0 Å². The van der Waals surface area contributed by atoms with E-state index in [-0.39, 0.29) is 12.5 Å². The molecule has 0 aromatic heterocycles. The van der Waals surface area contributed by atoms with Crippen LogP contribution in [0.5, 0.6) is 11.5 Å². The lowest BCUT2D eigenvalue weighted by Gasteiger charge is -2.09. The highest BCUT2D eigenvalue weighted by Gasteiger charge is 2.04. The van der Waals surface area contributed by atoms with E-state index in [4.69, 9.17) is 25.8 Å². The van der Waals surface area contributed by atoms with Gasteiger partial charge in [-0.2, -0.15) is 0 Å². The molecule has 0 spiro atoms. The molecule has 122 valence electrons. The first-order chi connectivity index (χ1) is 11.2. The summed E-state index contributed by atoms with van der Waals surface area (Å²) < 4.78 is 15.7. The molecule has 2 rings (SSSR count). The van der Waals surface area contributed by atoms with Crippen molar-refractivity contribution < 1.29 is 19.0 Å². The Morgan fingerprint density at radius 1 is 1.09 bits per heavy atom. The Bertz CT molecular complexity index is 631. The Balaban J connectivity index is 1.85. The highest BCUT2D eigenvalue weighted by Crippen LogP contribution is 2.29. The molecule has 0 heterocycles. The van der Waals surface area contributed by atoms with Gasteiger partial charge in [0.1, 0.15) is 18.1 Å².